The first kappa shape index (κ1) is 19.8. The fourth-order valence-electron chi connectivity index (χ4n) is 3.07. The van der Waals surface area contributed by atoms with Crippen molar-refractivity contribution in [3.8, 4) is 0 Å². The van der Waals surface area contributed by atoms with Gasteiger partial charge in [-0.05, 0) is 36.6 Å². The lowest BCUT2D eigenvalue weighted by atomic mass is 10.1. The highest BCUT2D eigenvalue weighted by atomic mass is 16.5. The maximum atomic E-state index is 12.7. The molecule has 0 unspecified atom stereocenters. The molecule has 0 spiro atoms. The van der Waals surface area contributed by atoms with Crippen LogP contribution in [0.2, 0.25) is 0 Å². The third-order valence-electron chi connectivity index (χ3n) is 4.81. The highest BCUT2D eigenvalue weighted by molar-refractivity contribution is 5.98. The predicted octanol–water partition coefficient (Wildman–Crippen LogP) is 2.84. The Labute approximate surface area is 164 Å². The van der Waals surface area contributed by atoms with Crippen molar-refractivity contribution in [3.63, 3.8) is 0 Å². The van der Waals surface area contributed by atoms with E-state index in [1.165, 1.54) is 5.56 Å². The fourth-order valence-corrected chi connectivity index (χ4v) is 3.07. The fraction of sp³-hybridized carbons (Fsp3) is 0.318. The van der Waals surface area contributed by atoms with Crippen molar-refractivity contribution in [2.24, 2.45) is 0 Å². The van der Waals surface area contributed by atoms with Crippen LogP contribution >= 0.6 is 0 Å². The van der Waals surface area contributed by atoms with Gasteiger partial charge in [-0.25, -0.2) is 0 Å². The highest BCUT2D eigenvalue weighted by Gasteiger charge is 2.14. The number of ether oxygens (including phenoxy) is 1. The Morgan fingerprint density at radius 3 is 2.57 bits per heavy atom. The molecule has 0 saturated carbocycles. The Morgan fingerprint density at radius 2 is 1.89 bits per heavy atom. The van der Waals surface area contributed by atoms with Gasteiger partial charge < -0.3 is 14.6 Å². The van der Waals surface area contributed by atoms with Crippen LogP contribution in [-0.4, -0.2) is 29.2 Å². The van der Waals surface area contributed by atoms with E-state index in [-0.39, 0.29) is 11.5 Å². The molecule has 0 aliphatic rings. The van der Waals surface area contributed by atoms with E-state index >= 15 is 0 Å². The summed E-state index contributed by atoms with van der Waals surface area (Å²) in [5, 5.41) is 3.35. The van der Waals surface area contributed by atoms with Crippen LogP contribution in [0.4, 0.5) is 0 Å². The van der Waals surface area contributed by atoms with Crippen LogP contribution in [0.1, 0.15) is 34.1 Å². The second-order valence-corrected chi connectivity index (χ2v) is 6.71. The maximum absolute atomic E-state index is 12.7. The molecule has 28 heavy (non-hydrogen) atoms. The molecular formula is C22H25N3O3. The number of carbonyl (C=O) groups excluding carboxylic acids is 1. The topological polar surface area (TPSA) is 73.2 Å². The molecule has 0 bridgehead atoms. The van der Waals surface area contributed by atoms with Crippen molar-refractivity contribution in [1.29, 1.82) is 0 Å². The van der Waals surface area contributed by atoms with E-state index < -0.39 is 0 Å². The van der Waals surface area contributed by atoms with E-state index in [2.05, 4.69) is 29.4 Å². The molecule has 146 valence electrons. The van der Waals surface area contributed by atoms with Crippen molar-refractivity contribution in [3.05, 3.63) is 75.3 Å². The van der Waals surface area contributed by atoms with Crippen LogP contribution in [0.25, 0.3) is 10.9 Å². The average molecular weight is 379 g/mol. The Hall–Kier alpha value is -2.99. The molecule has 1 aromatic carbocycles. The number of benzene rings is 1. The number of nitrogens with one attached hydrogen (secondary N) is 1. The van der Waals surface area contributed by atoms with E-state index in [1.54, 1.807) is 36.9 Å². The number of rotatable bonds is 7. The molecule has 0 fully saturated rings. The summed E-state index contributed by atoms with van der Waals surface area (Å²) in [6, 6.07) is 11.6. The number of amides is 1. The maximum Gasteiger partial charge on any atom is 0.260 e. The van der Waals surface area contributed by atoms with Gasteiger partial charge in [0.25, 0.3) is 11.5 Å². The van der Waals surface area contributed by atoms with E-state index in [4.69, 9.17) is 4.74 Å². The van der Waals surface area contributed by atoms with Crippen molar-refractivity contribution >= 4 is 16.8 Å². The third-order valence-corrected chi connectivity index (χ3v) is 4.81. The summed E-state index contributed by atoms with van der Waals surface area (Å²) in [5.74, 6) is -0.238. The first-order valence-corrected chi connectivity index (χ1v) is 9.39. The summed E-state index contributed by atoms with van der Waals surface area (Å²) in [4.78, 5) is 29.8. The summed E-state index contributed by atoms with van der Waals surface area (Å²) in [7, 11) is 1.59. The van der Waals surface area contributed by atoms with Crippen LogP contribution in [0, 0.1) is 6.92 Å². The summed E-state index contributed by atoms with van der Waals surface area (Å²) < 4.78 is 6.61. The molecule has 2 heterocycles. The van der Waals surface area contributed by atoms with Crippen molar-refractivity contribution in [1.82, 2.24) is 14.9 Å². The minimum absolute atomic E-state index is 0.175. The lowest BCUT2D eigenvalue weighted by molar-refractivity contribution is 0.0950. The van der Waals surface area contributed by atoms with E-state index in [0.717, 1.165) is 12.0 Å². The summed E-state index contributed by atoms with van der Waals surface area (Å²) in [5.41, 5.74) is 3.71. The second kappa shape index (κ2) is 8.80. The van der Waals surface area contributed by atoms with Gasteiger partial charge >= 0.3 is 0 Å². The SMILES string of the molecule is CCc1ccc(CNC(=O)c2cc3c(=O)n(CCOC)ccc3nc2C)cc1. The number of aromatic nitrogens is 2. The van der Waals surface area contributed by atoms with E-state index in [1.807, 2.05) is 12.1 Å². The van der Waals surface area contributed by atoms with Crippen molar-refractivity contribution in [2.75, 3.05) is 13.7 Å². The number of methoxy groups -OCH3 is 1. The van der Waals surface area contributed by atoms with Gasteiger partial charge in [-0.3, -0.25) is 14.6 Å². The Morgan fingerprint density at radius 1 is 1.18 bits per heavy atom. The molecule has 6 nitrogen and oxygen atoms in total. The van der Waals surface area contributed by atoms with Crippen LogP contribution in [0.15, 0.2) is 47.4 Å². The number of carbonyl (C=O) groups is 1. The zero-order valence-corrected chi connectivity index (χ0v) is 16.5. The monoisotopic (exact) mass is 379 g/mol. The molecular weight excluding hydrogens is 354 g/mol. The minimum atomic E-state index is -0.238. The zero-order valence-electron chi connectivity index (χ0n) is 16.5. The molecule has 0 aliphatic carbocycles. The van der Waals surface area contributed by atoms with Crippen LogP contribution in [0.5, 0.6) is 0 Å². The van der Waals surface area contributed by atoms with Gasteiger partial charge in [0.15, 0.2) is 0 Å². The van der Waals surface area contributed by atoms with Crippen molar-refractivity contribution in [2.45, 2.75) is 33.4 Å². The Bertz CT molecular complexity index is 1040. The number of hydrogen-bond donors (Lipinski definition) is 1. The van der Waals surface area contributed by atoms with Crippen LogP contribution < -0.4 is 10.9 Å². The molecule has 0 aliphatic heterocycles. The van der Waals surface area contributed by atoms with Gasteiger partial charge in [0.1, 0.15) is 0 Å². The molecule has 0 radical (unpaired) electrons. The molecule has 2 aromatic heterocycles. The van der Waals surface area contributed by atoms with Gasteiger partial charge in [0, 0.05) is 26.4 Å². The third kappa shape index (κ3) is 4.28. The highest BCUT2D eigenvalue weighted by Crippen LogP contribution is 2.14. The first-order valence-electron chi connectivity index (χ1n) is 9.39. The largest absolute Gasteiger partial charge is 0.383 e. The normalized spacial score (nSPS) is 11.0. The smallest absolute Gasteiger partial charge is 0.260 e. The second-order valence-electron chi connectivity index (χ2n) is 6.71. The Kier molecular flexibility index (Phi) is 6.21. The van der Waals surface area contributed by atoms with Gasteiger partial charge in [-0.2, -0.15) is 0 Å². The number of fused-ring (bicyclic) bond motifs is 1. The van der Waals surface area contributed by atoms with Gasteiger partial charge in [0.2, 0.25) is 0 Å². The van der Waals surface area contributed by atoms with Crippen LogP contribution in [-0.2, 0) is 24.2 Å². The quantitative estimate of drug-likeness (QED) is 0.685. The predicted molar refractivity (Wildman–Crippen MR) is 110 cm³/mol. The van der Waals surface area contributed by atoms with Crippen molar-refractivity contribution < 1.29 is 9.53 Å². The number of nitrogens with zero attached hydrogens (tertiary/aromatic N) is 2. The molecule has 3 rings (SSSR count). The molecule has 3 aromatic rings. The summed E-state index contributed by atoms with van der Waals surface area (Å²) in [6.45, 7) is 5.20. The van der Waals surface area contributed by atoms with E-state index in [9.17, 15) is 9.59 Å². The number of pyridine rings is 2. The molecule has 1 N–H and O–H groups in total. The molecule has 6 heteroatoms. The standard InChI is InChI=1S/C22H25N3O3/c1-4-16-5-7-17(8-6-16)14-23-21(26)18-13-19-20(24-15(18)2)9-10-25(22(19)27)11-12-28-3/h5-10,13H,4,11-12,14H2,1-3H3,(H,23,26). The molecule has 0 saturated heterocycles. The summed E-state index contributed by atoms with van der Waals surface area (Å²) in [6.07, 6.45) is 2.69. The number of aryl methyl sites for hydroxylation is 2. The van der Waals surface area contributed by atoms with Gasteiger partial charge in [-0.15, -0.1) is 0 Å². The van der Waals surface area contributed by atoms with Crippen LogP contribution in [0.3, 0.4) is 0 Å². The zero-order chi connectivity index (χ0) is 20.1. The lowest BCUT2D eigenvalue weighted by Crippen LogP contribution is -2.26. The van der Waals surface area contributed by atoms with E-state index in [0.29, 0.717) is 41.9 Å². The average Bonchev–Trinajstić information content (AvgIpc) is 2.71. The lowest BCUT2D eigenvalue weighted by Gasteiger charge is -2.11. The first-order chi connectivity index (χ1) is 13.5. The molecule has 1 amide bonds. The van der Waals surface area contributed by atoms with Gasteiger partial charge in [-0.1, -0.05) is 31.2 Å². The minimum Gasteiger partial charge on any atom is -0.383 e. The summed E-state index contributed by atoms with van der Waals surface area (Å²) >= 11 is 0. The van der Waals surface area contributed by atoms with Gasteiger partial charge in [0.05, 0.1) is 28.8 Å². The number of hydrogen-bond acceptors (Lipinski definition) is 4. The Balaban J connectivity index is 1.84. The molecule has 0 atom stereocenters.